The van der Waals surface area contributed by atoms with Crippen LogP contribution in [0.2, 0.25) is 0 Å². The van der Waals surface area contributed by atoms with E-state index in [9.17, 15) is 14.9 Å². The maximum absolute atomic E-state index is 12.3. The standard InChI is InChI=1S/C19H23N3O3/c1-13(20-15-11-9-14(10-12-15)19(2,3)4)18(23)21-16-7-5-6-8-17(16)22(24)25/h5-13,20H,1-4H3,(H,21,23)/t13-/m1/s1. The molecule has 0 saturated heterocycles. The molecule has 2 aromatic carbocycles. The molecule has 0 radical (unpaired) electrons. The number of nitro groups is 1. The van der Waals surface area contributed by atoms with Gasteiger partial charge in [0.15, 0.2) is 0 Å². The normalized spacial score (nSPS) is 12.3. The van der Waals surface area contributed by atoms with Gasteiger partial charge in [-0.05, 0) is 36.1 Å². The number of nitro benzene ring substituents is 1. The predicted octanol–water partition coefficient (Wildman–Crippen LogP) is 4.33. The van der Waals surface area contributed by atoms with Crippen LogP contribution in [0.25, 0.3) is 0 Å². The maximum atomic E-state index is 12.3. The molecule has 0 saturated carbocycles. The number of para-hydroxylation sites is 2. The van der Waals surface area contributed by atoms with Crippen LogP contribution in [0, 0.1) is 10.1 Å². The molecule has 6 nitrogen and oxygen atoms in total. The van der Waals surface area contributed by atoms with Crippen molar-refractivity contribution in [1.82, 2.24) is 0 Å². The van der Waals surface area contributed by atoms with Gasteiger partial charge < -0.3 is 10.6 Å². The van der Waals surface area contributed by atoms with Crippen LogP contribution in [0.1, 0.15) is 33.3 Å². The van der Waals surface area contributed by atoms with Crippen molar-refractivity contribution in [2.24, 2.45) is 0 Å². The fourth-order valence-electron chi connectivity index (χ4n) is 2.36. The summed E-state index contributed by atoms with van der Waals surface area (Å²) >= 11 is 0. The van der Waals surface area contributed by atoms with Crippen LogP contribution in [-0.4, -0.2) is 16.9 Å². The van der Waals surface area contributed by atoms with E-state index in [0.717, 1.165) is 5.69 Å². The first kappa shape index (κ1) is 18.4. The van der Waals surface area contributed by atoms with Gasteiger partial charge in [-0.15, -0.1) is 0 Å². The Balaban J connectivity index is 2.05. The highest BCUT2D eigenvalue weighted by Crippen LogP contribution is 2.25. The summed E-state index contributed by atoms with van der Waals surface area (Å²) in [6, 6.07) is 13.4. The van der Waals surface area contributed by atoms with Gasteiger partial charge in [-0.1, -0.05) is 45.0 Å². The van der Waals surface area contributed by atoms with Gasteiger partial charge in [-0.2, -0.15) is 0 Å². The Kier molecular flexibility index (Phi) is 5.41. The molecule has 0 bridgehead atoms. The molecule has 0 heterocycles. The van der Waals surface area contributed by atoms with Crippen LogP contribution in [0.3, 0.4) is 0 Å². The molecule has 0 aromatic heterocycles. The second kappa shape index (κ2) is 7.34. The largest absolute Gasteiger partial charge is 0.374 e. The Morgan fingerprint density at radius 2 is 1.68 bits per heavy atom. The fourth-order valence-corrected chi connectivity index (χ4v) is 2.36. The molecule has 1 atom stereocenters. The quantitative estimate of drug-likeness (QED) is 0.626. The van der Waals surface area contributed by atoms with Crippen LogP contribution in [0.15, 0.2) is 48.5 Å². The molecular formula is C19H23N3O3. The van der Waals surface area contributed by atoms with Crippen LogP contribution < -0.4 is 10.6 Å². The zero-order valence-electron chi connectivity index (χ0n) is 14.9. The minimum Gasteiger partial charge on any atom is -0.374 e. The molecule has 0 unspecified atom stereocenters. The average molecular weight is 341 g/mol. The van der Waals surface area contributed by atoms with Crippen LogP contribution >= 0.6 is 0 Å². The molecule has 0 aliphatic rings. The first-order valence-electron chi connectivity index (χ1n) is 8.10. The summed E-state index contributed by atoms with van der Waals surface area (Å²) in [5.41, 5.74) is 2.15. The van der Waals surface area contributed by atoms with Crippen molar-refractivity contribution < 1.29 is 9.72 Å². The van der Waals surface area contributed by atoms with Gasteiger partial charge in [0.2, 0.25) is 5.91 Å². The summed E-state index contributed by atoms with van der Waals surface area (Å²) in [6.07, 6.45) is 0. The molecule has 1 amide bonds. The van der Waals surface area contributed by atoms with Gasteiger partial charge in [0.1, 0.15) is 11.7 Å². The number of amides is 1. The molecule has 2 aromatic rings. The number of rotatable bonds is 5. The number of nitrogens with zero attached hydrogens (tertiary/aromatic N) is 1. The molecule has 25 heavy (non-hydrogen) atoms. The van der Waals surface area contributed by atoms with Crippen molar-refractivity contribution in [3.05, 3.63) is 64.2 Å². The number of carbonyl (C=O) groups is 1. The highest BCUT2D eigenvalue weighted by Gasteiger charge is 2.19. The molecule has 2 N–H and O–H groups in total. The monoisotopic (exact) mass is 341 g/mol. The summed E-state index contributed by atoms with van der Waals surface area (Å²) in [7, 11) is 0. The smallest absolute Gasteiger partial charge is 0.292 e. The van der Waals surface area contributed by atoms with E-state index in [2.05, 4.69) is 31.4 Å². The van der Waals surface area contributed by atoms with E-state index < -0.39 is 11.0 Å². The second-order valence-electron chi connectivity index (χ2n) is 6.96. The van der Waals surface area contributed by atoms with Gasteiger partial charge in [0.25, 0.3) is 5.69 Å². The Labute approximate surface area is 147 Å². The van der Waals surface area contributed by atoms with Crippen LogP contribution in [0.4, 0.5) is 17.1 Å². The maximum Gasteiger partial charge on any atom is 0.292 e. The van der Waals surface area contributed by atoms with Crippen molar-refractivity contribution in [3.63, 3.8) is 0 Å². The highest BCUT2D eigenvalue weighted by molar-refractivity contribution is 5.97. The molecule has 2 rings (SSSR count). The van der Waals surface area contributed by atoms with Crippen molar-refractivity contribution in [2.45, 2.75) is 39.2 Å². The lowest BCUT2D eigenvalue weighted by Gasteiger charge is -2.20. The van der Waals surface area contributed by atoms with E-state index in [1.807, 2.05) is 24.3 Å². The first-order chi connectivity index (χ1) is 11.7. The molecule has 0 aliphatic carbocycles. The predicted molar refractivity (Wildman–Crippen MR) is 100.0 cm³/mol. The third-order valence-corrected chi connectivity index (χ3v) is 3.89. The van der Waals surface area contributed by atoms with Crippen molar-refractivity contribution in [1.29, 1.82) is 0 Å². The topological polar surface area (TPSA) is 84.3 Å². The Morgan fingerprint density at radius 3 is 2.24 bits per heavy atom. The molecular weight excluding hydrogens is 318 g/mol. The number of benzene rings is 2. The summed E-state index contributed by atoms with van der Waals surface area (Å²) in [5, 5.41) is 16.7. The molecule has 132 valence electrons. The highest BCUT2D eigenvalue weighted by atomic mass is 16.6. The molecule has 6 heteroatoms. The summed E-state index contributed by atoms with van der Waals surface area (Å²) in [5.74, 6) is -0.339. The average Bonchev–Trinajstić information content (AvgIpc) is 2.54. The van der Waals surface area contributed by atoms with Gasteiger partial charge in [0.05, 0.1) is 4.92 Å². The lowest BCUT2D eigenvalue weighted by Crippen LogP contribution is -2.32. The number of hydrogen-bond donors (Lipinski definition) is 2. The third-order valence-electron chi connectivity index (χ3n) is 3.89. The second-order valence-corrected chi connectivity index (χ2v) is 6.96. The number of nitrogens with one attached hydrogen (secondary N) is 2. The van der Waals surface area contributed by atoms with Crippen molar-refractivity contribution in [3.8, 4) is 0 Å². The minimum atomic E-state index is -0.541. The van der Waals surface area contributed by atoms with Gasteiger partial charge in [-0.25, -0.2) is 0 Å². The van der Waals surface area contributed by atoms with E-state index in [1.54, 1.807) is 19.1 Å². The van der Waals surface area contributed by atoms with Crippen molar-refractivity contribution >= 4 is 23.0 Å². The summed E-state index contributed by atoms with van der Waals surface area (Å²) in [4.78, 5) is 22.8. The Bertz CT molecular complexity index is 764. The van der Waals surface area contributed by atoms with E-state index >= 15 is 0 Å². The first-order valence-corrected chi connectivity index (χ1v) is 8.10. The zero-order chi connectivity index (χ0) is 18.6. The zero-order valence-corrected chi connectivity index (χ0v) is 14.9. The van der Waals surface area contributed by atoms with Crippen LogP contribution in [0.5, 0.6) is 0 Å². The van der Waals surface area contributed by atoms with E-state index in [0.29, 0.717) is 0 Å². The van der Waals surface area contributed by atoms with E-state index in [1.165, 1.54) is 17.7 Å². The summed E-state index contributed by atoms with van der Waals surface area (Å²) in [6.45, 7) is 8.12. The Hall–Kier alpha value is -2.89. The SMILES string of the molecule is C[C@@H](Nc1ccc(C(C)(C)C)cc1)C(=O)Nc1ccccc1[N+](=O)[O-]. The number of hydrogen-bond acceptors (Lipinski definition) is 4. The van der Waals surface area contributed by atoms with E-state index in [-0.39, 0.29) is 22.7 Å². The number of anilines is 2. The minimum absolute atomic E-state index is 0.0633. The van der Waals surface area contributed by atoms with Crippen molar-refractivity contribution in [2.75, 3.05) is 10.6 Å². The molecule has 0 aliphatic heterocycles. The van der Waals surface area contributed by atoms with Gasteiger partial charge >= 0.3 is 0 Å². The van der Waals surface area contributed by atoms with Gasteiger partial charge in [0, 0.05) is 11.8 Å². The molecule has 0 fully saturated rings. The lowest BCUT2D eigenvalue weighted by molar-refractivity contribution is -0.383. The Morgan fingerprint density at radius 1 is 1.08 bits per heavy atom. The van der Waals surface area contributed by atoms with Gasteiger partial charge in [-0.3, -0.25) is 14.9 Å². The molecule has 0 spiro atoms. The number of carbonyl (C=O) groups excluding carboxylic acids is 1. The summed E-state index contributed by atoms with van der Waals surface area (Å²) < 4.78 is 0. The lowest BCUT2D eigenvalue weighted by atomic mass is 9.87. The fraction of sp³-hybridized carbons (Fsp3) is 0.316. The van der Waals surface area contributed by atoms with E-state index in [4.69, 9.17) is 0 Å². The third kappa shape index (κ3) is 4.79. The van der Waals surface area contributed by atoms with Crippen LogP contribution in [-0.2, 0) is 10.2 Å².